The van der Waals surface area contributed by atoms with Crippen molar-refractivity contribution in [1.29, 1.82) is 0 Å². The number of fused-ring (bicyclic) bond motifs is 1. The first-order valence-electron chi connectivity index (χ1n) is 8.09. The third-order valence-corrected chi connectivity index (χ3v) is 4.01. The molecule has 136 valence electrons. The van der Waals surface area contributed by atoms with Gasteiger partial charge in [-0.1, -0.05) is 12.1 Å². The van der Waals surface area contributed by atoms with Gasteiger partial charge in [0, 0.05) is 20.2 Å². The van der Waals surface area contributed by atoms with Crippen molar-refractivity contribution in [1.82, 2.24) is 15.2 Å². The molecule has 8 heteroatoms. The van der Waals surface area contributed by atoms with Crippen LogP contribution in [0.4, 0.5) is 0 Å². The fourth-order valence-electron chi connectivity index (χ4n) is 2.77. The highest BCUT2D eigenvalue weighted by Gasteiger charge is 2.27. The SMILES string of the molecule is COCCN1CCC(C(=O)NCc2nc3ccccc3o2)C1.O=CO. The Morgan fingerprint density at radius 1 is 1.52 bits per heavy atom. The Balaban J connectivity index is 0.000000701. The van der Waals surface area contributed by atoms with E-state index >= 15 is 0 Å². The van der Waals surface area contributed by atoms with E-state index in [4.69, 9.17) is 19.1 Å². The minimum absolute atomic E-state index is 0.0428. The molecule has 1 aliphatic rings. The van der Waals surface area contributed by atoms with Gasteiger partial charge in [-0.15, -0.1) is 0 Å². The summed E-state index contributed by atoms with van der Waals surface area (Å²) in [5, 5.41) is 9.81. The highest BCUT2D eigenvalue weighted by molar-refractivity contribution is 5.79. The zero-order chi connectivity index (χ0) is 18.1. The lowest BCUT2D eigenvalue weighted by Gasteiger charge is -2.14. The van der Waals surface area contributed by atoms with Crippen LogP contribution in [0.25, 0.3) is 11.1 Å². The Kier molecular flexibility index (Phi) is 7.36. The standard InChI is InChI=1S/C16H21N3O3.CH2O2/c1-21-9-8-19-7-6-12(11-19)16(20)17-10-15-18-13-4-2-3-5-14(13)22-15;2-1-3/h2-5,12H,6-11H2,1H3,(H,17,20);1H,(H,2,3). The number of likely N-dealkylation sites (tertiary alicyclic amines) is 1. The molecule has 1 atom stereocenters. The molecule has 1 saturated heterocycles. The van der Waals surface area contributed by atoms with Crippen LogP contribution in [0, 0.1) is 5.92 Å². The van der Waals surface area contributed by atoms with E-state index in [0.717, 1.165) is 37.2 Å². The maximum Gasteiger partial charge on any atom is 0.290 e. The third-order valence-electron chi connectivity index (χ3n) is 4.01. The van der Waals surface area contributed by atoms with E-state index in [1.54, 1.807) is 7.11 Å². The molecule has 0 saturated carbocycles. The maximum absolute atomic E-state index is 12.2. The average molecular weight is 349 g/mol. The second-order valence-corrected chi connectivity index (χ2v) is 5.68. The molecule has 1 aromatic heterocycles. The van der Waals surface area contributed by atoms with Gasteiger partial charge < -0.3 is 24.5 Å². The monoisotopic (exact) mass is 349 g/mol. The number of ether oxygens (including phenoxy) is 1. The van der Waals surface area contributed by atoms with Gasteiger partial charge in [0.1, 0.15) is 5.52 Å². The van der Waals surface area contributed by atoms with Gasteiger partial charge in [-0.05, 0) is 25.1 Å². The first-order chi connectivity index (χ1) is 12.2. The summed E-state index contributed by atoms with van der Waals surface area (Å²) in [4.78, 5) is 27.2. The number of para-hydroxylation sites is 2. The minimum Gasteiger partial charge on any atom is -0.483 e. The van der Waals surface area contributed by atoms with Crippen LogP contribution in [0.5, 0.6) is 0 Å². The van der Waals surface area contributed by atoms with Crippen molar-refractivity contribution in [2.75, 3.05) is 33.4 Å². The number of carbonyl (C=O) groups is 2. The number of nitrogens with one attached hydrogen (secondary N) is 1. The fraction of sp³-hybridized carbons (Fsp3) is 0.471. The van der Waals surface area contributed by atoms with Crippen LogP contribution in [0.2, 0.25) is 0 Å². The van der Waals surface area contributed by atoms with Crippen molar-refractivity contribution in [2.24, 2.45) is 5.92 Å². The number of oxazole rings is 1. The second kappa shape index (κ2) is 9.75. The smallest absolute Gasteiger partial charge is 0.290 e. The van der Waals surface area contributed by atoms with Gasteiger partial charge in [0.25, 0.3) is 6.47 Å². The molecule has 0 bridgehead atoms. The fourth-order valence-corrected chi connectivity index (χ4v) is 2.77. The lowest BCUT2D eigenvalue weighted by molar-refractivity contribution is -0.125. The van der Waals surface area contributed by atoms with Gasteiger partial charge in [-0.3, -0.25) is 9.59 Å². The molecule has 2 heterocycles. The van der Waals surface area contributed by atoms with E-state index in [1.807, 2.05) is 24.3 Å². The van der Waals surface area contributed by atoms with Gasteiger partial charge in [-0.2, -0.15) is 0 Å². The predicted octanol–water partition coefficient (Wildman–Crippen LogP) is 1.11. The summed E-state index contributed by atoms with van der Waals surface area (Å²) in [6.45, 7) is 3.41. The summed E-state index contributed by atoms with van der Waals surface area (Å²) >= 11 is 0. The van der Waals surface area contributed by atoms with Crippen molar-refractivity contribution < 1.29 is 23.8 Å². The Morgan fingerprint density at radius 2 is 2.28 bits per heavy atom. The number of nitrogens with zero attached hydrogens (tertiary/aromatic N) is 2. The Labute approximate surface area is 145 Å². The number of methoxy groups -OCH3 is 1. The molecular weight excluding hydrogens is 326 g/mol. The molecule has 1 aromatic carbocycles. The topological polar surface area (TPSA) is 105 Å². The number of hydrogen-bond donors (Lipinski definition) is 2. The van der Waals surface area contributed by atoms with Crippen molar-refractivity contribution in [2.45, 2.75) is 13.0 Å². The molecule has 0 spiro atoms. The molecule has 1 aliphatic heterocycles. The summed E-state index contributed by atoms with van der Waals surface area (Å²) in [6, 6.07) is 7.59. The van der Waals surface area contributed by atoms with Gasteiger partial charge in [0.05, 0.1) is 19.1 Å². The molecule has 0 radical (unpaired) electrons. The quantitative estimate of drug-likeness (QED) is 0.753. The number of amides is 1. The Hall–Kier alpha value is -2.45. The first kappa shape index (κ1) is 18.9. The van der Waals surface area contributed by atoms with Gasteiger partial charge in [0.15, 0.2) is 5.58 Å². The normalized spacial score (nSPS) is 17.1. The third kappa shape index (κ3) is 5.54. The molecule has 25 heavy (non-hydrogen) atoms. The zero-order valence-corrected chi connectivity index (χ0v) is 14.2. The van der Waals surface area contributed by atoms with E-state index in [9.17, 15) is 4.79 Å². The molecule has 3 rings (SSSR count). The lowest BCUT2D eigenvalue weighted by atomic mass is 10.1. The Morgan fingerprint density at radius 3 is 3.00 bits per heavy atom. The van der Waals surface area contributed by atoms with Crippen molar-refractivity contribution in [3.63, 3.8) is 0 Å². The number of aromatic nitrogens is 1. The predicted molar refractivity (Wildman–Crippen MR) is 91.0 cm³/mol. The zero-order valence-electron chi connectivity index (χ0n) is 14.2. The van der Waals surface area contributed by atoms with Crippen LogP contribution in [-0.4, -0.2) is 60.7 Å². The molecule has 2 aromatic rings. The number of carboxylic acid groups (broad SMARTS) is 1. The highest BCUT2D eigenvalue weighted by Crippen LogP contribution is 2.17. The molecule has 1 amide bonds. The van der Waals surface area contributed by atoms with Crippen LogP contribution in [0.15, 0.2) is 28.7 Å². The number of rotatable bonds is 6. The number of hydrogen-bond acceptors (Lipinski definition) is 6. The van der Waals surface area contributed by atoms with E-state index in [1.165, 1.54) is 0 Å². The van der Waals surface area contributed by atoms with Crippen molar-refractivity contribution in [3.05, 3.63) is 30.2 Å². The first-order valence-corrected chi connectivity index (χ1v) is 8.09. The van der Waals surface area contributed by atoms with E-state index in [0.29, 0.717) is 19.0 Å². The van der Waals surface area contributed by atoms with Crippen LogP contribution in [0.3, 0.4) is 0 Å². The Bertz CT molecular complexity index is 655. The van der Waals surface area contributed by atoms with Gasteiger partial charge in [-0.25, -0.2) is 4.98 Å². The van der Waals surface area contributed by atoms with Crippen LogP contribution >= 0.6 is 0 Å². The molecule has 1 unspecified atom stereocenters. The van der Waals surface area contributed by atoms with E-state index < -0.39 is 0 Å². The minimum atomic E-state index is -0.250. The number of carbonyl (C=O) groups excluding carboxylic acids is 1. The van der Waals surface area contributed by atoms with Gasteiger partial charge in [0.2, 0.25) is 11.8 Å². The van der Waals surface area contributed by atoms with Crippen molar-refractivity contribution in [3.8, 4) is 0 Å². The number of benzene rings is 1. The summed E-state index contributed by atoms with van der Waals surface area (Å²) in [6.07, 6.45) is 0.892. The second-order valence-electron chi connectivity index (χ2n) is 5.68. The van der Waals surface area contributed by atoms with E-state index in [2.05, 4.69) is 15.2 Å². The van der Waals surface area contributed by atoms with Crippen LogP contribution in [0.1, 0.15) is 12.3 Å². The highest BCUT2D eigenvalue weighted by atomic mass is 16.5. The van der Waals surface area contributed by atoms with Crippen LogP contribution < -0.4 is 5.32 Å². The molecular formula is C17H23N3O5. The van der Waals surface area contributed by atoms with Crippen LogP contribution in [-0.2, 0) is 20.9 Å². The molecule has 1 fully saturated rings. The van der Waals surface area contributed by atoms with Gasteiger partial charge >= 0.3 is 0 Å². The maximum atomic E-state index is 12.2. The molecule has 2 N–H and O–H groups in total. The molecule has 0 aliphatic carbocycles. The molecule has 8 nitrogen and oxygen atoms in total. The summed E-state index contributed by atoms with van der Waals surface area (Å²) in [5.41, 5.74) is 1.57. The van der Waals surface area contributed by atoms with Crippen molar-refractivity contribution >= 4 is 23.5 Å². The lowest BCUT2D eigenvalue weighted by Crippen LogP contribution is -2.33. The van der Waals surface area contributed by atoms with E-state index in [-0.39, 0.29) is 18.3 Å². The summed E-state index contributed by atoms with van der Waals surface area (Å²) < 4.78 is 10.7. The summed E-state index contributed by atoms with van der Waals surface area (Å²) in [7, 11) is 1.70. The summed E-state index contributed by atoms with van der Waals surface area (Å²) in [5.74, 6) is 0.659. The largest absolute Gasteiger partial charge is 0.483 e. The average Bonchev–Trinajstić information content (AvgIpc) is 3.25.